The van der Waals surface area contributed by atoms with Crippen LogP contribution in [0.3, 0.4) is 0 Å². The summed E-state index contributed by atoms with van der Waals surface area (Å²) in [6, 6.07) is 0. The maximum absolute atomic E-state index is 11.8. The van der Waals surface area contributed by atoms with Gasteiger partial charge in [-0.05, 0) is 0 Å². The second kappa shape index (κ2) is 3.53. The van der Waals surface area contributed by atoms with Gasteiger partial charge in [0.1, 0.15) is 6.54 Å². The van der Waals surface area contributed by atoms with Crippen molar-refractivity contribution in [1.29, 1.82) is 0 Å². The van der Waals surface area contributed by atoms with Crippen molar-refractivity contribution in [2.45, 2.75) is 26.9 Å². The number of hydrogen-bond donors (Lipinski definition) is 1. The quantitative estimate of drug-likeness (QED) is 0.392. The molecule has 0 radical (unpaired) electrons. The van der Waals surface area contributed by atoms with E-state index in [-0.39, 0.29) is 5.01 Å². The first-order valence-corrected chi connectivity index (χ1v) is 3.67. The summed E-state index contributed by atoms with van der Waals surface area (Å²) < 4.78 is 35.3. The minimum absolute atomic E-state index is 0.194. The van der Waals surface area contributed by atoms with Crippen LogP contribution in [0.25, 0.3) is 0 Å². The molecule has 0 saturated heterocycles. The molecule has 0 fully saturated rings. The molecule has 0 aromatic heterocycles. The van der Waals surface area contributed by atoms with Crippen LogP contribution in [0.15, 0.2) is 0 Å². The van der Waals surface area contributed by atoms with Gasteiger partial charge in [-0.1, -0.05) is 20.8 Å². The van der Waals surface area contributed by atoms with E-state index >= 15 is 0 Å². The number of carbonyl (C=O) groups is 1. The summed E-state index contributed by atoms with van der Waals surface area (Å²) in [5.74, 6) is 4.22. The maximum Gasteiger partial charge on any atom is 0.407 e. The number of hydrazine groups is 1. The predicted octanol–water partition coefficient (Wildman–Crippen LogP) is 1.30. The van der Waals surface area contributed by atoms with E-state index in [1.807, 2.05) is 0 Å². The molecule has 13 heavy (non-hydrogen) atoms. The summed E-state index contributed by atoms with van der Waals surface area (Å²) in [7, 11) is 0. The van der Waals surface area contributed by atoms with Crippen LogP contribution >= 0.6 is 0 Å². The second-order valence-electron chi connectivity index (χ2n) is 3.80. The predicted molar refractivity (Wildman–Crippen MR) is 41.4 cm³/mol. The molecular formula is C7H13F3N2O. The van der Waals surface area contributed by atoms with E-state index in [0.717, 1.165) is 0 Å². The molecular weight excluding hydrogens is 185 g/mol. The van der Waals surface area contributed by atoms with E-state index in [1.165, 1.54) is 20.8 Å². The van der Waals surface area contributed by atoms with Gasteiger partial charge in [0.05, 0.1) is 0 Å². The fourth-order valence-corrected chi connectivity index (χ4v) is 0.696. The van der Waals surface area contributed by atoms with E-state index in [1.54, 1.807) is 0 Å². The molecule has 0 aliphatic heterocycles. The van der Waals surface area contributed by atoms with Crippen LogP contribution in [0.1, 0.15) is 20.8 Å². The zero-order valence-corrected chi connectivity index (χ0v) is 7.77. The Morgan fingerprint density at radius 1 is 1.31 bits per heavy atom. The summed E-state index contributed by atoms with van der Waals surface area (Å²) in [4.78, 5) is 11.1. The monoisotopic (exact) mass is 198 g/mol. The first-order valence-electron chi connectivity index (χ1n) is 3.67. The van der Waals surface area contributed by atoms with Gasteiger partial charge in [0, 0.05) is 5.41 Å². The van der Waals surface area contributed by atoms with Gasteiger partial charge in [0.2, 0.25) is 5.91 Å². The molecule has 0 aromatic carbocycles. The first kappa shape index (κ1) is 12.2. The second-order valence-corrected chi connectivity index (χ2v) is 3.80. The normalized spacial score (nSPS) is 12.8. The summed E-state index contributed by atoms with van der Waals surface area (Å²) in [6.07, 6.45) is -4.45. The lowest BCUT2D eigenvalue weighted by Crippen LogP contribution is -2.48. The third kappa shape index (κ3) is 4.72. The molecule has 0 aliphatic carbocycles. The number of hydrogen-bond acceptors (Lipinski definition) is 2. The smallest absolute Gasteiger partial charge is 0.273 e. The topological polar surface area (TPSA) is 46.3 Å². The van der Waals surface area contributed by atoms with Crippen LogP contribution in [0.4, 0.5) is 13.2 Å². The fraction of sp³-hybridized carbons (Fsp3) is 0.857. The highest BCUT2D eigenvalue weighted by atomic mass is 19.4. The Bertz CT molecular complexity index is 195. The lowest BCUT2D eigenvalue weighted by atomic mass is 9.95. The molecule has 0 bridgehead atoms. The van der Waals surface area contributed by atoms with Gasteiger partial charge >= 0.3 is 6.18 Å². The van der Waals surface area contributed by atoms with E-state index in [9.17, 15) is 18.0 Å². The number of carbonyl (C=O) groups excluding carboxylic acids is 1. The third-order valence-corrected chi connectivity index (χ3v) is 1.25. The largest absolute Gasteiger partial charge is 0.407 e. The van der Waals surface area contributed by atoms with E-state index in [2.05, 4.69) is 0 Å². The lowest BCUT2D eigenvalue weighted by Gasteiger charge is -2.25. The van der Waals surface area contributed by atoms with Gasteiger partial charge in [-0.25, -0.2) is 5.84 Å². The number of rotatable bonds is 1. The van der Waals surface area contributed by atoms with Crippen molar-refractivity contribution < 1.29 is 18.0 Å². The highest BCUT2D eigenvalue weighted by Gasteiger charge is 2.35. The number of halogens is 3. The molecule has 0 spiro atoms. The van der Waals surface area contributed by atoms with Crippen LogP contribution in [0.2, 0.25) is 0 Å². The minimum atomic E-state index is -4.45. The molecule has 0 saturated carbocycles. The van der Waals surface area contributed by atoms with Crippen LogP contribution in [-0.4, -0.2) is 23.6 Å². The Labute approximate surface area is 74.7 Å². The Hall–Kier alpha value is -0.780. The van der Waals surface area contributed by atoms with E-state index < -0.39 is 24.0 Å². The molecule has 78 valence electrons. The van der Waals surface area contributed by atoms with Gasteiger partial charge in [0.25, 0.3) is 0 Å². The maximum atomic E-state index is 11.8. The Kier molecular flexibility index (Phi) is 3.32. The van der Waals surface area contributed by atoms with Crippen molar-refractivity contribution in [3.05, 3.63) is 0 Å². The van der Waals surface area contributed by atoms with Gasteiger partial charge in [-0.3, -0.25) is 9.80 Å². The molecule has 1 amide bonds. The molecule has 0 rings (SSSR count). The first-order chi connectivity index (χ1) is 5.54. The zero-order chi connectivity index (χ0) is 10.9. The number of amides is 1. The van der Waals surface area contributed by atoms with E-state index in [4.69, 9.17) is 5.84 Å². The Balaban J connectivity index is 4.30. The molecule has 0 heterocycles. The number of nitrogens with zero attached hydrogens (tertiary/aromatic N) is 1. The molecule has 0 atom stereocenters. The van der Waals surface area contributed by atoms with Gasteiger partial charge in [-0.2, -0.15) is 13.2 Å². The zero-order valence-electron chi connectivity index (χ0n) is 7.77. The lowest BCUT2D eigenvalue weighted by molar-refractivity contribution is -0.166. The van der Waals surface area contributed by atoms with Gasteiger partial charge in [0.15, 0.2) is 0 Å². The summed E-state index contributed by atoms with van der Waals surface area (Å²) in [6.45, 7) is 3.10. The Morgan fingerprint density at radius 3 is 1.92 bits per heavy atom. The highest BCUT2D eigenvalue weighted by Crippen LogP contribution is 2.20. The minimum Gasteiger partial charge on any atom is -0.273 e. The van der Waals surface area contributed by atoms with Gasteiger partial charge < -0.3 is 0 Å². The van der Waals surface area contributed by atoms with Crippen molar-refractivity contribution in [2.24, 2.45) is 11.3 Å². The average Bonchev–Trinajstić information content (AvgIpc) is 1.79. The molecule has 0 aromatic rings. The van der Waals surface area contributed by atoms with Crippen molar-refractivity contribution in [1.82, 2.24) is 5.01 Å². The summed E-state index contributed by atoms with van der Waals surface area (Å²) in [5, 5.41) is 0.194. The SMILES string of the molecule is CC(C)(C)C(=O)N(N)CC(F)(F)F. The van der Waals surface area contributed by atoms with Crippen molar-refractivity contribution >= 4 is 5.91 Å². The molecule has 0 aliphatic rings. The van der Waals surface area contributed by atoms with Gasteiger partial charge in [-0.15, -0.1) is 0 Å². The van der Waals surface area contributed by atoms with Crippen molar-refractivity contribution in [2.75, 3.05) is 6.54 Å². The number of nitrogens with two attached hydrogens (primary N) is 1. The average molecular weight is 198 g/mol. The summed E-state index contributed by atoms with van der Waals surface area (Å²) in [5.41, 5.74) is -0.889. The van der Waals surface area contributed by atoms with E-state index in [0.29, 0.717) is 0 Å². The standard InChI is InChI=1S/C7H13F3N2O/c1-6(2,3)5(13)12(11)4-7(8,9)10/h4,11H2,1-3H3. The van der Waals surface area contributed by atoms with Crippen LogP contribution in [-0.2, 0) is 4.79 Å². The molecule has 3 nitrogen and oxygen atoms in total. The fourth-order valence-electron chi connectivity index (χ4n) is 0.696. The van der Waals surface area contributed by atoms with Crippen molar-refractivity contribution in [3.8, 4) is 0 Å². The summed E-state index contributed by atoms with van der Waals surface area (Å²) >= 11 is 0. The van der Waals surface area contributed by atoms with Crippen LogP contribution in [0, 0.1) is 5.41 Å². The van der Waals surface area contributed by atoms with Crippen LogP contribution < -0.4 is 5.84 Å². The highest BCUT2D eigenvalue weighted by molar-refractivity contribution is 5.80. The van der Waals surface area contributed by atoms with Crippen molar-refractivity contribution in [3.63, 3.8) is 0 Å². The Morgan fingerprint density at radius 2 is 1.69 bits per heavy atom. The molecule has 6 heteroatoms. The third-order valence-electron chi connectivity index (χ3n) is 1.25. The van der Waals surface area contributed by atoms with Crippen LogP contribution in [0.5, 0.6) is 0 Å². The molecule has 0 unspecified atom stereocenters. The number of alkyl halides is 3. The molecule has 2 N–H and O–H groups in total.